The number of nitrogens with one attached hydrogen (secondary N) is 1. The third kappa shape index (κ3) is 4.27. The van der Waals surface area contributed by atoms with Crippen LogP contribution >= 0.6 is 0 Å². The molecule has 142 valence electrons. The molecule has 1 aromatic rings. The average molecular weight is 361 g/mol. The Kier molecular flexibility index (Phi) is 5.66. The number of rotatable bonds is 5. The van der Waals surface area contributed by atoms with E-state index in [1.165, 1.54) is 0 Å². The highest BCUT2D eigenvalue weighted by Crippen LogP contribution is 2.27. The molecule has 26 heavy (non-hydrogen) atoms. The largest absolute Gasteiger partial charge is 0.489 e. The zero-order chi connectivity index (χ0) is 18.7. The fourth-order valence-corrected chi connectivity index (χ4v) is 3.68. The number of fused-ring (bicyclic) bond motifs is 1. The average Bonchev–Trinajstić information content (AvgIpc) is 2.73. The maximum absolute atomic E-state index is 12.7. The minimum atomic E-state index is -0.809. The van der Waals surface area contributed by atoms with E-state index in [0.717, 1.165) is 24.2 Å². The van der Waals surface area contributed by atoms with Gasteiger partial charge >= 0.3 is 12.0 Å². The number of likely N-dealkylation sites (N-methyl/N-ethyl adjacent to an activating group) is 1. The highest BCUT2D eigenvalue weighted by Gasteiger charge is 2.36. The number of carbonyl (C=O) groups excluding carboxylic acids is 1. The topological polar surface area (TPSA) is 82.1 Å². The molecule has 1 heterocycles. The number of nitrogens with zero attached hydrogens (tertiary/aromatic N) is 2. The van der Waals surface area contributed by atoms with Crippen molar-refractivity contribution in [1.29, 1.82) is 0 Å². The van der Waals surface area contributed by atoms with E-state index in [1.807, 2.05) is 43.0 Å². The number of carboxylic acids is 1. The second-order valence-corrected chi connectivity index (χ2v) is 7.15. The van der Waals surface area contributed by atoms with Gasteiger partial charge in [0.2, 0.25) is 0 Å². The molecule has 2 aliphatic rings. The van der Waals surface area contributed by atoms with Crippen LogP contribution in [-0.4, -0.2) is 64.7 Å². The zero-order valence-electron chi connectivity index (χ0n) is 15.4. The first-order valence-corrected chi connectivity index (χ1v) is 9.22. The number of para-hydroxylation sites is 1. The Morgan fingerprint density at radius 3 is 2.77 bits per heavy atom. The van der Waals surface area contributed by atoms with E-state index in [4.69, 9.17) is 9.84 Å². The molecule has 0 radical (unpaired) electrons. The van der Waals surface area contributed by atoms with Gasteiger partial charge in [-0.15, -0.1) is 0 Å². The highest BCUT2D eigenvalue weighted by molar-refractivity contribution is 5.75. The van der Waals surface area contributed by atoms with Crippen LogP contribution in [0.3, 0.4) is 0 Å². The lowest BCUT2D eigenvalue weighted by atomic mass is 9.85. The molecule has 1 fully saturated rings. The van der Waals surface area contributed by atoms with E-state index in [9.17, 15) is 9.59 Å². The van der Waals surface area contributed by atoms with Gasteiger partial charge in [-0.1, -0.05) is 25.1 Å². The second-order valence-electron chi connectivity index (χ2n) is 7.15. The molecule has 0 spiro atoms. The summed E-state index contributed by atoms with van der Waals surface area (Å²) >= 11 is 0. The minimum absolute atomic E-state index is 0.0552. The van der Waals surface area contributed by atoms with Crippen molar-refractivity contribution >= 4 is 12.0 Å². The number of amides is 2. The van der Waals surface area contributed by atoms with Gasteiger partial charge in [0.05, 0.1) is 19.6 Å². The van der Waals surface area contributed by atoms with E-state index < -0.39 is 5.97 Å². The summed E-state index contributed by atoms with van der Waals surface area (Å²) in [4.78, 5) is 27.3. The summed E-state index contributed by atoms with van der Waals surface area (Å²) in [6.07, 6.45) is 1.52. The molecule has 1 unspecified atom stereocenters. The number of urea groups is 1. The summed E-state index contributed by atoms with van der Waals surface area (Å²) in [5, 5.41) is 12.1. The predicted molar refractivity (Wildman–Crippen MR) is 97.2 cm³/mol. The van der Waals surface area contributed by atoms with Crippen LogP contribution in [0, 0.1) is 0 Å². The number of hydrogen-bond donors (Lipinski definition) is 2. The summed E-state index contributed by atoms with van der Waals surface area (Å²) in [6.45, 7) is 5.76. The molecule has 7 nitrogen and oxygen atoms in total. The Hall–Kier alpha value is -2.28. The standard InChI is InChI=1S/C19H27N3O4/c1-3-21(12-18(23)24)16-8-15(9-16)20-19(25)22-10-13(2)26-17-7-5-4-6-14(17)11-22/h4-7,13,15-16H,3,8-12H2,1-2H3,(H,20,25)(H,23,24). The molecule has 2 N–H and O–H groups in total. The molecule has 1 aromatic carbocycles. The fourth-order valence-electron chi connectivity index (χ4n) is 3.68. The van der Waals surface area contributed by atoms with Crippen molar-refractivity contribution in [2.24, 2.45) is 0 Å². The van der Waals surface area contributed by atoms with E-state index in [2.05, 4.69) is 5.32 Å². The molecule has 0 aromatic heterocycles. The van der Waals surface area contributed by atoms with Crippen molar-refractivity contribution in [1.82, 2.24) is 15.1 Å². The summed E-state index contributed by atoms with van der Waals surface area (Å²) in [7, 11) is 0. The van der Waals surface area contributed by atoms with E-state index >= 15 is 0 Å². The number of benzene rings is 1. The maximum atomic E-state index is 12.7. The van der Waals surface area contributed by atoms with Crippen molar-refractivity contribution in [3.05, 3.63) is 29.8 Å². The van der Waals surface area contributed by atoms with Crippen LogP contribution < -0.4 is 10.1 Å². The Balaban J connectivity index is 1.54. The van der Waals surface area contributed by atoms with Crippen LogP contribution in [0.4, 0.5) is 4.79 Å². The zero-order valence-corrected chi connectivity index (χ0v) is 15.4. The van der Waals surface area contributed by atoms with Gasteiger partial charge in [-0.3, -0.25) is 9.69 Å². The van der Waals surface area contributed by atoms with Crippen LogP contribution in [0.2, 0.25) is 0 Å². The SMILES string of the molecule is CCN(CC(=O)O)C1CC(NC(=O)N2Cc3ccccc3OC(C)C2)C1. The van der Waals surface area contributed by atoms with Crippen LogP contribution in [-0.2, 0) is 11.3 Å². The minimum Gasteiger partial charge on any atom is -0.489 e. The highest BCUT2D eigenvalue weighted by atomic mass is 16.5. The molecule has 1 aliphatic carbocycles. The number of aliphatic carboxylic acids is 1. The van der Waals surface area contributed by atoms with Gasteiger partial charge in [-0.05, 0) is 32.4 Å². The Morgan fingerprint density at radius 1 is 1.35 bits per heavy atom. The van der Waals surface area contributed by atoms with Crippen LogP contribution in [0.25, 0.3) is 0 Å². The van der Waals surface area contributed by atoms with Crippen molar-refractivity contribution < 1.29 is 19.4 Å². The number of carbonyl (C=O) groups is 2. The lowest BCUT2D eigenvalue weighted by Crippen LogP contribution is -2.57. The third-order valence-corrected chi connectivity index (χ3v) is 5.13. The van der Waals surface area contributed by atoms with Crippen molar-refractivity contribution in [3.63, 3.8) is 0 Å². The van der Waals surface area contributed by atoms with E-state index in [-0.39, 0.29) is 30.8 Å². The molecule has 0 bridgehead atoms. The van der Waals surface area contributed by atoms with Crippen molar-refractivity contribution in [2.45, 2.75) is 51.4 Å². The molecule has 1 atom stereocenters. The van der Waals surface area contributed by atoms with Crippen LogP contribution in [0.5, 0.6) is 5.75 Å². The monoisotopic (exact) mass is 361 g/mol. The normalized spacial score (nSPS) is 24.9. The third-order valence-electron chi connectivity index (χ3n) is 5.13. The Labute approximate surface area is 153 Å². The predicted octanol–water partition coefficient (Wildman–Crippen LogP) is 1.92. The van der Waals surface area contributed by atoms with E-state index in [0.29, 0.717) is 19.6 Å². The van der Waals surface area contributed by atoms with Crippen LogP contribution in [0.15, 0.2) is 24.3 Å². The first-order chi connectivity index (χ1) is 12.5. The van der Waals surface area contributed by atoms with Gasteiger partial charge in [0.15, 0.2) is 0 Å². The van der Waals surface area contributed by atoms with Gasteiger partial charge < -0.3 is 20.1 Å². The van der Waals surface area contributed by atoms with Crippen molar-refractivity contribution in [2.75, 3.05) is 19.6 Å². The Morgan fingerprint density at radius 2 is 2.08 bits per heavy atom. The molecular weight excluding hydrogens is 334 g/mol. The first-order valence-electron chi connectivity index (χ1n) is 9.22. The smallest absolute Gasteiger partial charge is 0.318 e. The summed E-state index contributed by atoms with van der Waals surface area (Å²) in [5.74, 6) is 0.0304. The molecular formula is C19H27N3O4. The molecule has 3 rings (SSSR count). The fraction of sp³-hybridized carbons (Fsp3) is 0.579. The summed E-state index contributed by atoms with van der Waals surface area (Å²) in [5.41, 5.74) is 1.01. The van der Waals surface area contributed by atoms with Gasteiger partial charge in [0.25, 0.3) is 0 Å². The number of ether oxygens (including phenoxy) is 1. The first kappa shape index (κ1) is 18.5. The molecule has 1 aliphatic heterocycles. The molecule has 0 saturated heterocycles. The lowest BCUT2D eigenvalue weighted by Gasteiger charge is -2.42. The van der Waals surface area contributed by atoms with E-state index in [1.54, 1.807) is 4.90 Å². The van der Waals surface area contributed by atoms with Gasteiger partial charge in [0.1, 0.15) is 11.9 Å². The quantitative estimate of drug-likeness (QED) is 0.837. The Bertz CT molecular complexity index is 660. The maximum Gasteiger partial charge on any atom is 0.318 e. The van der Waals surface area contributed by atoms with Crippen LogP contribution in [0.1, 0.15) is 32.3 Å². The van der Waals surface area contributed by atoms with Gasteiger partial charge in [-0.25, -0.2) is 4.79 Å². The van der Waals surface area contributed by atoms with Crippen molar-refractivity contribution in [3.8, 4) is 5.75 Å². The number of hydrogen-bond acceptors (Lipinski definition) is 4. The summed E-state index contributed by atoms with van der Waals surface area (Å²) in [6, 6.07) is 8.06. The van der Waals surface area contributed by atoms with Gasteiger partial charge in [0, 0.05) is 17.6 Å². The number of carboxylic acid groups (broad SMARTS) is 1. The molecule has 1 saturated carbocycles. The molecule has 2 amide bonds. The second kappa shape index (κ2) is 7.95. The summed E-state index contributed by atoms with van der Waals surface area (Å²) < 4.78 is 5.90. The lowest BCUT2D eigenvalue weighted by molar-refractivity contribution is -0.139. The van der Waals surface area contributed by atoms with Gasteiger partial charge in [-0.2, -0.15) is 0 Å². The molecule has 7 heteroatoms.